The lowest BCUT2D eigenvalue weighted by molar-refractivity contribution is -0.432. The van der Waals surface area contributed by atoms with E-state index in [4.69, 9.17) is 40.1 Å². The average Bonchev–Trinajstić information content (AvgIpc) is 2.43. The van der Waals surface area contributed by atoms with Crippen molar-refractivity contribution in [3.8, 4) is 0 Å². The second-order valence-electron chi connectivity index (χ2n) is 3.78. The van der Waals surface area contributed by atoms with E-state index in [9.17, 15) is 0 Å². The third kappa shape index (κ3) is 4.33. The standard InChI is InChI=1S/C11H8Cl3N3O3S/c1-5-4-6(2-3-7(5)21-20-19-18)15-10-8(12)9(13)16-11(14)17-10/h2-4,18H,1H3,(H,15,16,17). The lowest BCUT2D eigenvalue weighted by atomic mass is 10.2. The van der Waals surface area contributed by atoms with Crippen LogP contribution in [0.2, 0.25) is 15.5 Å². The highest BCUT2D eigenvalue weighted by molar-refractivity contribution is 7.94. The maximum atomic E-state index is 8.14. The Morgan fingerprint density at radius 1 is 1.24 bits per heavy atom. The van der Waals surface area contributed by atoms with Crippen molar-refractivity contribution in [1.29, 1.82) is 0 Å². The quantitative estimate of drug-likeness (QED) is 0.255. The van der Waals surface area contributed by atoms with Crippen LogP contribution in [0.3, 0.4) is 0 Å². The molecule has 0 amide bonds. The van der Waals surface area contributed by atoms with Crippen molar-refractivity contribution in [1.82, 2.24) is 9.97 Å². The first kappa shape index (κ1) is 16.6. The summed E-state index contributed by atoms with van der Waals surface area (Å²) in [7, 11) is 0. The molecule has 0 atom stereocenters. The first-order chi connectivity index (χ1) is 10.0. The predicted molar refractivity (Wildman–Crippen MR) is 82.2 cm³/mol. The van der Waals surface area contributed by atoms with E-state index >= 15 is 0 Å². The monoisotopic (exact) mass is 367 g/mol. The molecule has 1 heterocycles. The van der Waals surface area contributed by atoms with E-state index in [0.29, 0.717) is 5.82 Å². The van der Waals surface area contributed by atoms with Crippen LogP contribution in [0.5, 0.6) is 0 Å². The molecule has 2 N–H and O–H groups in total. The van der Waals surface area contributed by atoms with E-state index in [1.807, 2.05) is 13.0 Å². The topological polar surface area (TPSA) is 76.5 Å². The van der Waals surface area contributed by atoms with Gasteiger partial charge in [0.05, 0.1) is 12.0 Å². The van der Waals surface area contributed by atoms with Crippen LogP contribution in [-0.2, 0) is 9.37 Å². The number of aryl methyl sites for hydroxylation is 1. The molecule has 0 saturated heterocycles. The van der Waals surface area contributed by atoms with Gasteiger partial charge in [-0.25, -0.2) is 10.2 Å². The van der Waals surface area contributed by atoms with Gasteiger partial charge in [0, 0.05) is 10.6 Å². The number of benzene rings is 1. The summed E-state index contributed by atoms with van der Waals surface area (Å²) in [4.78, 5) is 8.47. The molecule has 0 aliphatic rings. The number of nitrogens with zero attached hydrogens (tertiary/aromatic N) is 2. The van der Waals surface area contributed by atoms with E-state index in [0.717, 1.165) is 28.2 Å². The Morgan fingerprint density at radius 2 is 2.00 bits per heavy atom. The molecule has 0 fully saturated rings. The Bertz CT molecular complexity index is 660. The minimum atomic E-state index is -0.00991. The third-order valence-corrected chi connectivity index (χ3v) is 4.04. The molecule has 2 aromatic rings. The number of nitrogens with one attached hydrogen (secondary N) is 1. The summed E-state index contributed by atoms with van der Waals surface area (Å²) in [5.74, 6) is 0.302. The number of hydrogen-bond acceptors (Lipinski definition) is 7. The molecule has 0 aliphatic carbocycles. The summed E-state index contributed by atoms with van der Waals surface area (Å²) in [5.41, 5.74) is 1.60. The molecule has 0 bridgehead atoms. The van der Waals surface area contributed by atoms with Gasteiger partial charge in [-0.3, -0.25) is 0 Å². The van der Waals surface area contributed by atoms with E-state index in [2.05, 4.69) is 24.7 Å². The normalized spacial score (nSPS) is 10.7. The zero-order valence-corrected chi connectivity index (χ0v) is 13.5. The minimum Gasteiger partial charge on any atom is -0.339 e. The highest BCUT2D eigenvalue weighted by Crippen LogP contribution is 2.32. The number of anilines is 2. The van der Waals surface area contributed by atoms with Crippen LogP contribution in [0.4, 0.5) is 11.5 Å². The van der Waals surface area contributed by atoms with Crippen molar-refractivity contribution < 1.29 is 14.6 Å². The summed E-state index contributed by atoms with van der Waals surface area (Å²) in [5, 5.41) is 14.9. The van der Waals surface area contributed by atoms with Crippen molar-refractivity contribution in [2.24, 2.45) is 0 Å². The number of aromatic nitrogens is 2. The van der Waals surface area contributed by atoms with Gasteiger partial charge >= 0.3 is 0 Å². The van der Waals surface area contributed by atoms with Crippen molar-refractivity contribution in [3.63, 3.8) is 0 Å². The zero-order chi connectivity index (χ0) is 15.4. The Hall–Kier alpha value is -0.800. The molecule has 1 aromatic heterocycles. The number of rotatable bonds is 5. The first-order valence-corrected chi connectivity index (χ1v) is 7.29. The van der Waals surface area contributed by atoms with Gasteiger partial charge in [-0.05, 0) is 42.3 Å². The molecular weight excluding hydrogens is 361 g/mol. The van der Waals surface area contributed by atoms with Gasteiger partial charge in [0.1, 0.15) is 5.02 Å². The lowest BCUT2D eigenvalue weighted by Gasteiger charge is -2.10. The zero-order valence-electron chi connectivity index (χ0n) is 10.4. The van der Waals surface area contributed by atoms with Crippen molar-refractivity contribution >= 4 is 58.4 Å². The smallest absolute Gasteiger partial charge is 0.225 e. The summed E-state index contributed by atoms with van der Waals surface area (Å²) in [6.07, 6.45) is 0. The molecule has 1 aromatic carbocycles. The van der Waals surface area contributed by atoms with Crippen LogP contribution >= 0.6 is 46.8 Å². The molecule has 21 heavy (non-hydrogen) atoms. The largest absolute Gasteiger partial charge is 0.339 e. The fraction of sp³-hybridized carbons (Fsp3) is 0.0909. The minimum absolute atomic E-state index is 0.00991. The van der Waals surface area contributed by atoms with Crippen LogP contribution < -0.4 is 5.32 Å². The Kier molecular flexibility index (Phi) is 5.88. The Balaban J connectivity index is 2.22. The van der Waals surface area contributed by atoms with Crippen molar-refractivity contribution in [3.05, 3.63) is 39.2 Å². The van der Waals surface area contributed by atoms with Gasteiger partial charge in [0.2, 0.25) is 5.28 Å². The molecule has 6 nitrogen and oxygen atoms in total. The van der Waals surface area contributed by atoms with Gasteiger partial charge in [0.25, 0.3) is 0 Å². The fourth-order valence-corrected chi connectivity index (χ4v) is 2.42. The maximum absolute atomic E-state index is 8.14. The summed E-state index contributed by atoms with van der Waals surface area (Å²) in [6.45, 7) is 1.86. The Morgan fingerprint density at radius 3 is 2.67 bits per heavy atom. The van der Waals surface area contributed by atoms with E-state index in [1.54, 1.807) is 12.1 Å². The molecule has 10 heteroatoms. The second kappa shape index (κ2) is 7.46. The molecule has 112 valence electrons. The SMILES string of the molecule is Cc1cc(Nc2nc(Cl)nc(Cl)c2Cl)ccc1SOOO. The third-order valence-electron chi connectivity index (χ3n) is 2.38. The summed E-state index contributed by atoms with van der Waals surface area (Å²) in [6, 6.07) is 5.35. The molecule has 0 radical (unpaired) electrons. The van der Waals surface area contributed by atoms with E-state index in [1.165, 1.54) is 0 Å². The van der Waals surface area contributed by atoms with E-state index in [-0.39, 0.29) is 15.5 Å². The van der Waals surface area contributed by atoms with E-state index < -0.39 is 0 Å². The molecular formula is C11H8Cl3N3O3S. The number of halogens is 3. The predicted octanol–water partition coefficient (Wildman–Crippen LogP) is 4.92. The van der Waals surface area contributed by atoms with Gasteiger partial charge in [-0.2, -0.15) is 4.98 Å². The van der Waals surface area contributed by atoms with Gasteiger partial charge in [-0.15, -0.1) is 4.33 Å². The maximum Gasteiger partial charge on any atom is 0.225 e. The Labute approximate surface area is 139 Å². The summed E-state index contributed by atoms with van der Waals surface area (Å²) < 4.78 is 4.38. The van der Waals surface area contributed by atoms with Gasteiger partial charge in [0.15, 0.2) is 11.0 Å². The van der Waals surface area contributed by atoms with Crippen LogP contribution in [-0.4, -0.2) is 15.2 Å². The average molecular weight is 369 g/mol. The molecule has 0 spiro atoms. The highest BCUT2D eigenvalue weighted by Gasteiger charge is 2.11. The fourth-order valence-electron chi connectivity index (χ4n) is 1.49. The van der Waals surface area contributed by atoms with Crippen LogP contribution in [0, 0.1) is 6.92 Å². The molecule has 0 saturated carbocycles. The number of hydrogen-bond donors (Lipinski definition) is 2. The van der Waals surface area contributed by atoms with Crippen molar-refractivity contribution in [2.45, 2.75) is 11.8 Å². The highest BCUT2D eigenvalue weighted by atomic mass is 35.5. The molecule has 0 aliphatic heterocycles. The van der Waals surface area contributed by atoms with Crippen LogP contribution in [0.25, 0.3) is 0 Å². The van der Waals surface area contributed by atoms with Gasteiger partial charge in [-0.1, -0.05) is 28.2 Å². The van der Waals surface area contributed by atoms with Gasteiger partial charge < -0.3 is 5.32 Å². The van der Waals surface area contributed by atoms with Crippen molar-refractivity contribution in [2.75, 3.05) is 5.32 Å². The summed E-state index contributed by atoms with van der Waals surface area (Å²) >= 11 is 18.5. The first-order valence-electron chi connectivity index (χ1n) is 5.42. The van der Waals surface area contributed by atoms with Crippen LogP contribution in [0.1, 0.15) is 5.56 Å². The lowest BCUT2D eigenvalue weighted by Crippen LogP contribution is -1.98. The van der Waals surface area contributed by atoms with Crippen LogP contribution in [0.15, 0.2) is 23.1 Å². The molecule has 0 unspecified atom stereocenters. The second-order valence-corrected chi connectivity index (χ2v) is 5.59. The molecule has 2 rings (SSSR count).